The fourth-order valence-corrected chi connectivity index (χ4v) is 1.75. The fourth-order valence-electron chi connectivity index (χ4n) is 1.75. The second-order valence-electron chi connectivity index (χ2n) is 4.02. The van der Waals surface area contributed by atoms with Crippen LogP contribution in [-0.4, -0.2) is 15.9 Å². The molecule has 2 aromatic heterocycles. The first kappa shape index (κ1) is 14.3. The molecule has 0 spiro atoms. The van der Waals surface area contributed by atoms with Gasteiger partial charge >= 0.3 is 0 Å². The maximum atomic E-state index is 11.8. The molecule has 0 aromatic carbocycles. The number of hydrogen-bond acceptors (Lipinski definition) is 2. The van der Waals surface area contributed by atoms with E-state index in [2.05, 4.69) is 15.3 Å². The summed E-state index contributed by atoms with van der Waals surface area (Å²) < 4.78 is 0. The van der Waals surface area contributed by atoms with Gasteiger partial charge in [-0.1, -0.05) is 0 Å². The molecule has 5 heteroatoms. The lowest BCUT2D eigenvalue weighted by molar-refractivity contribution is 0.0951. The van der Waals surface area contributed by atoms with E-state index < -0.39 is 0 Å². The summed E-state index contributed by atoms with van der Waals surface area (Å²) in [7, 11) is 0. The van der Waals surface area contributed by atoms with Gasteiger partial charge in [0.05, 0.1) is 0 Å². The van der Waals surface area contributed by atoms with E-state index >= 15 is 0 Å². The molecular formula is C13H16ClN3O. The minimum Gasteiger partial charge on any atom is -0.362 e. The molecule has 0 radical (unpaired) electrons. The van der Waals surface area contributed by atoms with Crippen molar-refractivity contribution < 1.29 is 4.79 Å². The molecular weight excluding hydrogens is 250 g/mol. The molecule has 18 heavy (non-hydrogen) atoms. The molecule has 0 atom stereocenters. The van der Waals surface area contributed by atoms with Crippen molar-refractivity contribution in [1.29, 1.82) is 0 Å². The molecule has 1 amide bonds. The topological polar surface area (TPSA) is 57.8 Å². The number of rotatable bonds is 3. The van der Waals surface area contributed by atoms with Crippen LogP contribution in [0.25, 0.3) is 0 Å². The van der Waals surface area contributed by atoms with Crippen molar-refractivity contribution in [3.63, 3.8) is 0 Å². The lowest BCUT2D eigenvalue weighted by atomic mass is 10.2. The lowest BCUT2D eigenvalue weighted by Crippen LogP contribution is -2.22. The molecule has 0 saturated carbocycles. The third-order valence-corrected chi connectivity index (χ3v) is 2.64. The number of aryl methyl sites for hydroxylation is 2. The number of amides is 1. The highest BCUT2D eigenvalue weighted by molar-refractivity contribution is 5.93. The van der Waals surface area contributed by atoms with E-state index in [9.17, 15) is 4.79 Å². The van der Waals surface area contributed by atoms with Crippen molar-refractivity contribution in [2.45, 2.75) is 20.4 Å². The van der Waals surface area contributed by atoms with Crippen molar-refractivity contribution in [2.75, 3.05) is 0 Å². The van der Waals surface area contributed by atoms with Gasteiger partial charge in [-0.25, -0.2) is 0 Å². The second-order valence-corrected chi connectivity index (χ2v) is 4.02. The van der Waals surface area contributed by atoms with E-state index in [4.69, 9.17) is 0 Å². The van der Waals surface area contributed by atoms with E-state index in [1.54, 1.807) is 24.5 Å². The molecule has 0 saturated heterocycles. The zero-order chi connectivity index (χ0) is 12.3. The molecule has 0 bridgehead atoms. The number of carbonyl (C=O) groups is 1. The van der Waals surface area contributed by atoms with Gasteiger partial charge in [0.2, 0.25) is 0 Å². The standard InChI is InChI=1S/C13H15N3O.ClH/c1-9-7-12(10(2)16-9)8-15-13(17)11-3-5-14-6-4-11;/h3-7,16H,8H2,1-2H3,(H,15,17);1H. The van der Waals surface area contributed by atoms with Gasteiger partial charge in [-0.3, -0.25) is 9.78 Å². The third-order valence-electron chi connectivity index (χ3n) is 2.64. The SMILES string of the molecule is Cc1cc(CNC(=O)c2ccncc2)c(C)[nH]1.Cl. The van der Waals surface area contributed by atoms with E-state index in [0.29, 0.717) is 12.1 Å². The Morgan fingerprint density at radius 3 is 2.56 bits per heavy atom. The highest BCUT2D eigenvalue weighted by atomic mass is 35.5. The molecule has 0 unspecified atom stereocenters. The van der Waals surface area contributed by atoms with Crippen molar-refractivity contribution in [3.05, 3.63) is 53.1 Å². The number of H-pyrrole nitrogens is 1. The van der Waals surface area contributed by atoms with Gasteiger partial charge in [0.1, 0.15) is 0 Å². The molecule has 2 aromatic rings. The first-order valence-corrected chi connectivity index (χ1v) is 5.50. The average molecular weight is 266 g/mol. The van der Waals surface area contributed by atoms with Crippen LogP contribution in [0.15, 0.2) is 30.6 Å². The van der Waals surface area contributed by atoms with Crippen LogP contribution in [0.4, 0.5) is 0 Å². The summed E-state index contributed by atoms with van der Waals surface area (Å²) in [6.07, 6.45) is 3.22. The van der Waals surface area contributed by atoms with Crippen molar-refractivity contribution in [3.8, 4) is 0 Å². The molecule has 2 N–H and O–H groups in total. The second kappa shape index (κ2) is 6.21. The molecule has 96 valence electrons. The summed E-state index contributed by atoms with van der Waals surface area (Å²) in [5.74, 6) is -0.0781. The van der Waals surface area contributed by atoms with Gasteiger partial charge in [-0.2, -0.15) is 0 Å². The Hall–Kier alpha value is -1.81. The molecule has 0 aliphatic heterocycles. The Balaban J connectivity index is 0.00000162. The number of aromatic amines is 1. The summed E-state index contributed by atoms with van der Waals surface area (Å²) in [4.78, 5) is 18.9. The van der Waals surface area contributed by atoms with E-state index in [1.807, 2.05) is 19.9 Å². The van der Waals surface area contributed by atoms with Gasteiger partial charge in [-0.05, 0) is 37.6 Å². The third kappa shape index (κ3) is 3.34. The van der Waals surface area contributed by atoms with Gasteiger partial charge in [0.25, 0.3) is 5.91 Å². The van der Waals surface area contributed by atoms with Crippen molar-refractivity contribution in [2.24, 2.45) is 0 Å². The minimum atomic E-state index is -0.0781. The number of halogens is 1. The Bertz CT molecular complexity index is 522. The average Bonchev–Trinajstić information content (AvgIpc) is 2.66. The van der Waals surface area contributed by atoms with E-state index in [0.717, 1.165) is 17.0 Å². The lowest BCUT2D eigenvalue weighted by Gasteiger charge is -2.04. The van der Waals surface area contributed by atoms with E-state index in [1.165, 1.54) is 0 Å². The summed E-state index contributed by atoms with van der Waals surface area (Å²) >= 11 is 0. The van der Waals surface area contributed by atoms with E-state index in [-0.39, 0.29) is 18.3 Å². The van der Waals surface area contributed by atoms with Crippen molar-refractivity contribution in [1.82, 2.24) is 15.3 Å². The maximum Gasteiger partial charge on any atom is 0.251 e. The first-order chi connectivity index (χ1) is 8.16. The summed E-state index contributed by atoms with van der Waals surface area (Å²) in [6, 6.07) is 5.44. The van der Waals surface area contributed by atoms with Crippen LogP contribution >= 0.6 is 12.4 Å². The zero-order valence-electron chi connectivity index (χ0n) is 10.4. The molecule has 4 nitrogen and oxygen atoms in total. The smallest absolute Gasteiger partial charge is 0.251 e. The Morgan fingerprint density at radius 1 is 1.33 bits per heavy atom. The zero-order valence-corrected chi connectivity index (χ0v) is 11.2. The number of hydrogen-bond donors (Lipinski definition) is 2. The van der Waals surface area contributed by atoms with Gasteiger partial charge in [0, 0.05) is 35.9 Å². The Labute approximate surface area is 112 Å². The van der Waals surface area contributed by atoms with Crippen LogP contribution in [0.1, 0.15) is 27.3 Å². The normalized spacial score (nSPS) is 9.67. The minimum absolute atomic E-state index is 0. The van der Waals surface area contributed by atoms with Crippen LogP contribution in [0, 0.1) is 13.8 Å². The number of aromatic nitrogens is 2. The first-order valence-electron chi connectivity index (χ1n) is 5.50. The maximum absolute atomic E-state index is 11.8. The summed E-state index contributed by atoms with van der Waals surface area (Å²) in [5, 5.41) is 2.88. The summed E-state index contributed by atoms with van der Waals surface area (Å²) in [5.41, 5.74) is 3.95. The number of pyridine rings is 1. The Morgan fingerprint density at radius 2 is 2.00 bits per heavy atom. The quantitative estimate of drug-likeness (QED) is 0.895. The predicted octanol–water partition coefficient (Wildman–Crippen LogP) is 2.38. The molecule has 0 aliphatic carbocycles. The fraction of sp³-hybridized carbons (Fsp3) is 0.231. The Kier molecular flexibility index (Phi) is 4.92. The highest BCUT2D eigenvalue weighted by Crippen LogP contribution is 2.09. The van der Waals surface area contributed by atoms with Crippen LogP contribution in [0.3, 0.4) is 0 Å². The van der Waals surface area contributed by atoms with Crippen molar-refractivity contribution >= 4 is 18.3 Å². The molecule has 0 fully saturated rings. The molecule has 2 rings (SSSR count). The number of carbonyl (C=O) groups excluding carboxylic acids is 1. The van der Waals surface area contributed by atoms with Gasteiger partial charge < -0.3 is 10.3 Å². The number of nitrogens with zero attached hydrogens (tertiary/aromatic N) is 1. The van der Waals surface area contributed by atoms with Gasteiger partial charge in [0.15, 0.2) is 0 Å². The monoisotopic (exact) mass is 265 g/mol. The number of nitrogens with one attached hydrogen (secondary N) is 2. The predicted molar refractivity (Wildman–Crippen MR) is 72.9 cm³/mol. The summed E-state index contributed by atoms with van der Waals surface area (Å²) in [6.45, 7) is 4.54. The largest absolute Gasteiger partial charge is 0.362 e. The molecule has 2 heterocycles. The highest BCUT2D eigenvalue weighted by Gasteiger charge is 2.06. The molecule has 0 aliphatic rings. The van der Waals surface area contributed by atoms with Crippen LogP contribution in [0.2, 0.25) is 0 Å². The van der Waals surface area contributed by atoms with Crippen LogP contribution < -0.4 is 5.32 Å². The van der Waals surface area contributed by atoms with Crippen LogP contribution in [-0.2, 0) is 6.54 Å². The van der Waals surface area contributed by atoms with Gasteiger partial charge in [-0.15, -0.1) is 12.4 Å². The van der Waals surface area contributed by atoms with Crippen LogP contribution in [0.5, 0.6) is 0 Å².